The lowest BCUT2D eigenvalue weighted by Crippen LogP contribution is -2.35. The second kappa shape index (κ2) is 4.00. The molecule has 1 aromatic rings. The first-order chi connectivity index (χ1) is 6.43. The summed E-state index contributed by atoms with van der Waals surface area (Å²) in [5, 5.41) is 0. The Morgan fingerprint density at radius 3 is 2.00 bits per heavy atom. The van der Waals surface area contributed by atoms with Gasteiger partial charge in [0.1, 0.15) is 0 Å². The summed E-state index contributed by atoms with van der Waals surface area (Å²) in [6.45, 7) is 3.71. The molecule has 0 N–H and O–H groups in total. The van der Waals surface area contributed by atoms with Gasteiger partial charge in [-0.25, -0.2) is 8.42 Å². The molecule has 0 aliphatic heterocycles. The lowest BCUT2D eigenvalue weighted by Gasteiger charge is -2.26. The first kappa shape index (κ1) is 11.0. The zero-order valence-corrected chi connectivity index (χ0v) is 9.45. The first-order valence-corrected chi connectivity index (χ1v) is 6.32. The van der Waals surface area contributed by atoms with Crippen LogP contribution in [-0.2, 0) is 10.0 Å². The molecule has 0 aliphatic carbocycles. The Hall–Kier alpha value is -1.03. The van der Waals surface area contributed by atoms with Crippen LogP contribution in [0.1, 0.15) is 13.8 Å². The predicted molar refractivity (Wildman–Crippen MR) is 58.9 cm³/mol. The summed E-state index contributed by atoms with van der Waals surface area (Å²) in [6.07, 6.45) is 1.22. The van der Waals surface area contributed by atoms with Gasteiger partial charge < -0.3 is 0 Å². The van der Waals surface area contributed by atoms with Gasteiger partial charge >= 0.3 is 0 Å². The number of anilines is 1. The second-order valence-corrected chi connectivity index (χ2v) is 5.35. The molecule has 78 valence electrons. The van der Waals surface area contributed by atoms with Crippen molar-refractivity contribution in [2.75, 3.05) is 10.6 Å². The summed E-state index contributed by atoms with van der Waals surface area (Å²) in [5.74, 6) is 0. The minimum absolute atomic E-state index is 0.0626. The Morgan fingerprint density at radius 1 is 1.14 bits per heavy atom. The van der Waals surface area contributed by atoms with E-state index in [4.69, 9.17) is 0 Å². The third-order valence-electron chi connectivity index (χ3n) is 1.84. The number of benzene rings is 1. The fourth-order valence-corrected chi connectivity index (χ4v) is 2.72. The lowest BCUT2D eigenvalue weighted by atomic mass is 10.3. The number of hydrogen-bond acceptors (Lipinski definition) is 2. The van der Waals surface area contributed by atoms with Gasteiger partial charge in [0, 0.05) is 6.04 Å². The molecule has 0 bridgehead atoms. The van der Waals surface area contributed by atoms with Crippen LogP contribution in [0.3, 0.4) is 0 Å². The van der Waals surface area contributed by atoms with Gasteiger partial charge in [0.05, 0.1) is 11.9 Å². The summed E-state index contributed by atoms with van der Waals surface area (Å²) in [7, 11) is -3.18. The quantitative estimate of drug-likeness (QED) is 0.768. The molecule has 1 aromatic carbocycles. The SMILES string of the molecule is CC(C)N(c1ccccc1)S(C)(=O)=O. The number of rotatable bonds is 3. The van der Waals surface area contributed by atoms with Crippen LogP contribution >= 0.6 is 0 Å². The van der Waals surface area contributed by atoms with Crippen molar-refractivity contribution in [3.8, 4) is 0 Å². The number of sulfonamides is 1. The summed E-state index contributed by atoms with van der Waals surface area (Å²) >= 11 is 0. The van der Waals surface area contributed by atoms with Crippen molar-refractivity contribution in [3.63, 3.8) is 0 Å². The summed E-state index contributed by atoms with van der Waals surface area (Å²) in [6, 6.07) is 9.05. The zero-order chi connectivity index (χ0) is 10.8. The van der Waals surface area contributed by atoms with Gasteiger partial charge in [-0.2, -0.15) is 0 Å². The minimum Gasteiger partial charge on any atom is -0.268 e. The number of nitrogens with zero attached hydrogens (tertiary/aromatic N) is 1. The molecule has 0 radical (unpaired) electrons. The Kier molecular flexibility index (Phi) is 3.16. The van der Waals surface area contributed by atoms with E-state index in [0.717, 1.165) is 0 Å². The third kappa shape index (κ3) is 2.48. The van der Waals surface area contributed by atoms with Crippen molar-refractivity contribution < 1.29 is 8.42 Å². The monoisotopic (exact) mass is 213 g/mol. The van der Waals surface area contributed by atoms with Crippen LogP contribution in [0.2, 0.25) is 0 Å². The molecule has 0 spiro atoms. The molecule has 0 atom stereocenters. The highest BCUT2D eigenvalue weighted by Crippen LogP contribution is 2.19. The molecule has 0 fully saturated rings. The van der Waals surface area contributed by atoms with Gasteiger partial charge in [-0.1, -0.05) is 18.2 Å². The summed E-state index contributed by atoms with van der Waals surface area (Å²) in [5.41, 5.74) is 0.713. The first-order valence-electron chi connectivity index (χ1n) is 4.47. The maximum Gasteiger partial charge on any atom is 0.232 e. The second-order valence-electron chi connectivity index (χ2n) is 3.49. The fraction of sp³-hybridized carbons (Fsp3) is 0.400. The highest BCUT2D eigenvalue weighted by atomic mass is 32.2. The number of para-hydroxylation sites is 1. The van der Waals surface area contributed by atoms with E-state index in [1.165, 1.54) is 10.6 Å². The van der Waals surface area contributed by atoms with Crippen molar-refractivity contribution in [3.05, 3.63) is 30.3 Å². The van der Waals surface area contributed by atoms with Crippen molar-refractivity contribution >= 4 is 15.7 Å². The highest BCUT2D eigenvalue weighted by molar-refractivity contribution is 7.92. The molecule has 1 rings (SSSR count). The van der Waals surface area contributed by atoms with Gasteiger partial charge in [-0.15, -0.1) is 0 Å². The summed E-state index contributed by atoms with van der Waals surface area (Å²) < 4.78 is 24.4. The molecular weight excluding hydrogens is 198 g/mol. The molecule has 0 aliphatic rings. The third-order valence-corrected chi connectivity index (χ3v) is 3.18. The van der Waals surface area contributed by atoms with Crippen molar-refractivity contribution in [1.82, 2.24) is 0 Å². The molecule has 0 unspecified atom stereocenters. The van der Waals surface area contributed by atoms with E-state index in [1.807, 2.05) is 32.0 Å². The van der Waals surface area contributed by atoms with Crippen molar-refractivity contribution in [2.24, 2.45) is 0 Å². The van der Waals surface area contributed by atoms with Gasteiger partial charge in [0.25, 0.3) is 0 Å². The molecule has 0 heterocycles. The van der Waals surface area contributed by atoms with E-state index in [0.29, 0.717) is 5.69 Å². The molecule has 3 nitrogen and oxygen atoms in total. The van der Waals surface area contributed by atoms with Crippen molar-refractivity contribution in [2.45, 2.75) is 19.9 Å². The lowest BCUT2D eigenvalue weighted by molar-refractivity contribution is 0.590. The normalized spacial score (nSPS) is 11.7. The summed E-state index contributed by atoms with van der Waals surface area (Å²) in [4.78, 5) is 0. The van der Waals surface area contributed by atoms with E-state index in [1.54, 1.807) is 12.1 Å². The van der Waals surface area contributed by atoms with Crippen molar-refractivity contribution in [1.29, 1.82) is 0 Å². The zero-order valence-electron chi connectivity index (χ0n) is 8.64. The van der Waals surface area contributed by atoms with E-state index in [-0.39, 0.29) is 6.04 Å². The predicted octanol–water partition coefficient (Wildman–Crippen LogP) is 1.86. The Labute approximate surface area is 85.4 Å². The van der Waals surface area contributed by atoms with Crippen LogP contribution in [0.25, 0.3) is 0 Å². The molecule has 4 heteroatoms. The average Bonchev–Trinajstić information content (AvgIpc) is 2.02. The molecule has 14 heavy (non-hydrogen) atoms. The van der Waals surface area contributed by atoms with Gasteiger partial charge in [-0.3, -0.25) is 4.31 Å². The van der Waals surface area contributed by atoms with Crippen LogP contribution in [0.15, 0.2) is 30.3 Å². The van der Waals surface area contributed by atoms with Gasteiger partial charge in [0.2, 0.25) is 10.0 Å². The van der Waals surface area contributed by atoms with Crippen LogP contribution < -0.4 is 4.31 Å². The number of hydrogen-bond donors (Lipinski definition) is 0. The van der Waals surface area contributed by atoms with E-state index in [9.17, 15) is 8.42 Å². The smallest absolute Gasteiger partial charge is 0.232 e. The van der Waals surface area contributed by atoms with Gasteiger partial charge in [0.15, 0.2) is 0 Å². The molecule has 0 saturated heterocycles. The van der Waals surface area contributed by atoms with E-state index >= 15 is 0 Å². The Morgan fingerprint density at radius 2 is 1.64 bits per heavy atom. The topological polar surface area (TPSA) is 37.4 Å². The van der Waals surface area contributed by atoms with Gasteiger partial charge in [-0.05, 0) is 26.0 Å². The van der Waals surface area contributed by atoms with Crippen LogP contribution in [0.4, 0.5) is 5.69 Å². The maximum absolute atomic E-state index is 11.5. The molecule has 0 aromatic heterocycles. The standard InChI is InChI=1S/C10H15NO2S/c1-9(2)11(14(3,12)13)10-7-5-4-6-8-10/h4-9H,1-3H3. The Bertz CT molecular complexity index is 384. The fourth-order valence-electron chi connectivity index (χ4n) is 1.45. The maximum atomic E-state index is 11.5. The Balaban J connectivity index is 3.15. The largest absolute Gasteiger partial charge is 0.268 e. The minimum atomic E-state index is -3.18. The van der Waals surface area contributed by atoms with E-state index < -0.39 is 10.0 Å². The van der Waals surface area contributed by atoms with Crippen LogP contribution in [0.5, 0.6) is 0 Å². The molecular formula is C10H15NO2S. The molecule has 0 saturated carbocycles. The molecule has 0 amide bonds. The van der Waals surface area contributed by atoms with E-state index in [2.05, 4.69) is 0 Å². The average molecular weight is 213 g/mol. The van der Waals surface area contributed by atoms with Crippen LogP contribution in [-0.4, -0.2) is 20.7 Å². The highest BCUT2D eigenvalue weighted by Gasteiger charge is 2.19. The van der Waals surface area contributed by atoms with Crippen LogP contribution in [0, 0.1) is 0 Å².